The molecule has 0 saturated carbocycles. The van der Waals surface area contributed by atoms with Crippen LogP contribution >= 0.6 is 11.6 Å². The zero-order valence-corrected chi connectivity index (χ0v) is 11.8. The summed E-state index contributed by atoms with van der Waals surface area (Å²) in [5.41, 5.74) is 1.81. The maximum atomic E-state index is 10.8. The maximum Gasteiger partial charge on any atom is 0.303 e. The van der Waals surface area contributed by atoms with Gasteiger partial charge in [0, 0.05) is 23.1 Å². The van der Waals surface area contributed by atoms with Crippen molar-refractivity contribution in [2.24, 2.45) is 0 Å². The molecule has 2 rings (SSSR count). The molecule has 0 spiro atoms. The summed E-state index contributed by atoms with van der Waals surface area (Å²) in [7, 11) is 0. The molecule has 1 aliphatic heterocycles. The second kappa shape index (κ2) is 5.70. The maximum absolute atomic E-state index is 10.8. The quantitative estimate of drug-likeness (QED) is 0.922. The molecule has 1 heterocycles. The number of aliphatic carboxylic acids is 1. The fraction of sp³-hybridized carbons (Fsp3) is 0.500. The highest BCUT2D eigenvalue weighted by Crippen LogP contribution is 2.43. The smallest absolute Gasteiger partial charge is 0.303 e. The van der Waals surface area contributed by atoms with E-state index in [-0.39, 0.29) is 12.3 Å². The first-order chi connectivity index (χ1) is 9.00. The monoisotopic (exact) mass is 284 g/mol. The Balaban J connectivity index is 2.48. The molecule has 5 heteroatoms. The second-order valence-electron chi connectivity index (χ2n) is 4.82. The van der Waals surface area contributed by atoms with E-state index in [1.54, 1.807) is 6.07 Å². The van der Waals surface area contributed by atoms with E-state index < -0.39 is 5.97 Å². The molecule has 0 amide bonds. The van der Waals surface area contributed by atoms with Gasteiger partial charge in [0.2, 0.25) is 0 Å². The van der Waals surface area contributed by atoms with E-state index in [1.165, 1.54) is 0 Å². The van der Waals surface area contributed by atoms with E-state index in [0.717, 1.165) is 11.1 Å². The number of benzene rings is 1. The molecule has 104 valence electrons. The van der Waals surface area contributed by atoms with Crippen molar-refractivity contribution in [3.63, 3.8) is 0 Å². The van der Waals surface area contributed by atoms with Crippen LogP contribution in [0.25, 0.3) is 0 Å². The number of carboxylic acids is 1. The van der Waals surface area contributed by atoms with Crippen LogP contribution in [0.1, 0.15) is 37.3 Å². The molecule has 1 aromatic carbocycles. The molecular weight excluding hydrogens is 268 g/mol. The molecule has 1 N–H and O–H groups in total. The third-order valence-corrected chi connectivity index (χ3v) is 3.43. The summed E-state index contributed by atoms with van der Waals surface area (Å²) in [5.74, 6) is 0.726. The Morgan fingerprint density at radius 3 is 2.74 bits per heavy atom. The van der Waals surface area contributed by atoms with Crippen LogP contribution in [0.3, 0.4) is 0 Å². The minimum Gasteiger partial charge on any atom is -0.486 e. The van der Waals surface area contributed by atoms with Crippen LogP contribution in [0.15, 0.2) is 6.07 Å². The van der Waals surface area contributed by atoms with Crippen molar-refractivity contribution in [2.75, 3.05) is 13.2 Å². The molecule has 0 atom stereocenters. The predicted molar refractivity (Wildman–Crippen MR) is 72.5 cm³/mol. The van der Waals surface area contributed by atoms with Crippen molar-refractivity contribution in [3.8, 4) is 11.5 Å². The number of ether oxygens (including phenoxy) is 2. The fourth-order valence-electron chi connectivity index (χ4n) is 2.31. The van der Waals surface area contributed by atoms with Crippen LogP contribution in [0.4, 0.5) is 0 Å². The summed E-state index contributed by atoms with van der Waals surface area (Å²) in [6.07, 6.45) is 0.456. The van der Waals surface area contributed by atoms with Gasteiger partial charge in [-0.1, -0.05) is 25.4 Å². The van der Waals surface area contributed by atoms with Gasteiger partial charge in [-0.2, -0.15) is 0 Å². The second-order valence-corrected chi connectivity index (χ2v) is 5.23. The molecule has 0 aromatic heterocycles. The molecule has 1 aromatic rings. The van der Waals surface area contributed by atoms with Crippen molar-refractivity contribution in [3.05, 3.63) is 22.2 Å². The SMILES string of the molecule is CC(C)c1c(CCC(=O)O)c(Cl)cc2c1OCCO2. The van der Waals surface area contributed by atoms with Gasteiger partial charge >= 0.3 is 5.97 Å². The van der Waals surface area contributed by atoms with Gasteiger partial charge in [0.15, 0.2) is 11.5 Å². The summed E-state index contributed by atoms with van der Waals surface area (Å²) in [4.78, 5) is 10.8. The van der Waals surface area contributed by atoms with Gasteiger partial charge in [0.1, 0.15) is 13.2 Å². The molecular formula is C14H17ClO4. The Bertz CT molecular complexity index is 497. The van der Waals surface area contributed by atoms with E-state index in [1.807, 2.05) is 13.8 Å². The van der Waals surface area contributed by atoms with Crippen molar-refractivity contribution in [2.45, 2.75) is 32.6 Å². The van der Waals surface area contributed by atoms with E-state index in [4.69, 9.17) is 26.2 Å². The Hall–Kier alpha value is -1.42. The molecule has 4 nitrogen and oxygen atoms in total. The highest BCUT2D eigenvalue weighted by molar-refractivity contribution is 6.31. The first-order valence-electron chi connectivity index (χ1n) is 6.33. The van der Waals surface area contributed by atoms with Crippen LogP contribution in [-0.4, -0.2) is 24.3 Å². The first kappa shape index (κ1) is 14.0. The predicted octanol–water partition coefficient (Wildman–Crippen LogP) is 3.25. The lowest BCUT2D eigenvalue weighted by Crippen LogP contribution is -2.18. The average molecular weight is 285 g/mol. The lowest BCUT2D eigenvalue weighted by Gasteiger charge is -2.25. The lowest BCUT2D eigenvalue weighted by atomic mass is 9.92. The largest absolute Gasteiger partial charge is 0.486 e. The van der Waals surface area contributed by atoms with Gasteiger partial charge < -0.3 is 14.6 Å². The number of hydrogen-bond donors (Lipinski definition) is 1. The molecule has 1 aliphatic rings. The molecule has 0 radical (unpaired) electrons. The third-order valence-electron chi connectivity index (χ3n) is 3.09. The molecule has 0 saturated heterocycles. The summed E-state index contributed by atoms with van der Waals surface area (Å²) < 4.78 is 11.2. The molecule has 0 aliphatic carbocycles. The van der Waals surface area contributed by atoms with Crippen molar-refractivity contribution >= 4 is 17.6 Å². The Kier molecular flexibility index (Phi) is 4.20. The van der Waals surface area contributed by atoms with Gasteiger partial charge in [0.25, 0.3) is 0 Å². The normalized spacial score (nSPS) is 13.7. The zero-order valence-electron chi connectivity index (χ0n) is 11.0. The van der Waals surface area contributed by atoms with E-state index in [9.17, 15) is 4.79 Å². The fourth-order valence-corrected chi connectivity index (χ4v) is 2.61. The standard InChI is InChI=1S/C14H17ClO4/c1-8(2)13-9(3-4-12(16)17)10(15)7-11-14(13)19-6-5-18-11/h7-8H,3-6H2,1-2H3,(H,16,17). The number of hydrogen-bond acceptors (Lipinski definition) is 3. The summed E-state index contributed by atoms with van der Waals surface area (Å²) in [5, 5.41) is 9.38. The van der Waals surface area contributed by atoms with Gasteiger partial charge in [-0.15, -0.1) is 0 Å². The number of fused-ring (bicyclic) bond motifs is 1. The number of carboxylic acid groups (broad SMARTS) is 1. The van der Waals surface area contributed by atoms with Crippen LogP contribution in [0, 0.1) is 0 Å². The van der Waals surface area contributed by atoms with Crippen LogP contribution < -0.4 is 9.47 Å². The van der Waals surface area contributed by atoms with Gasteiger partial charge in [-0.25, -0.2) is 0 Å². The van der Waals surface area contributed by atoms with Crippen LogP contribution in [0.2, 0.25) is 5.02 Å². The highest BCUT2D eigenvalue weighted by Gasteiger charge is 2.24. The third kappa shape index (κ3) is 2.95. The van der Waals surface area contributed by atoms with E-state index in [0.29, 0.717) is 36.2 Å². The van der Waals surface area contributed by atoms with Gasteiger partial charge in [0.05, 0.1) is 0 Å². The summed E-state index contributed by atoms with van der Waals surface area (Å²) >= 11 is 6.27. The van der Waals surface area contributed by atoms with Gasteiger partial charge in [-0.05, 0) is 17.9 Å². The van der Waals surface area contributed by atoms with Crippen LogP contribution in [-0.2, 0) is 11.2 Å². The average Bonchev–Trinajstić information content (AvgIpc) is 2.35. The minimum absolute atomic E-state index is 0.0546. The molecule has 0 unspecified atom stereocenters. The molecule has 19 heavy (non-hydrogen) atoms. The highest BCUT2D eigenvalue weighted by atomic mass is 35.5. The van der Waals surface area contributed by atoms with Crippen LogP contribution in [0.5, 0.6) is 11.5 Å². The Labute approximate surface area is 117 Å². The number of carbonyl (C=O) groups is 1. The van der Waals surface area contributed by atoms with Crippen molar-refractivity contribution < 1.29 is 19.4 Å². The van der Waals surface area contributed by atoms with E-state index >= 15 is 0 Å². The Morgan fingerprint density at radius 1 is 1.42 bits per heavy atom. The van der Waals surface area contributed by atoms with Crippen molar-refractivity contribution in [1.82, 2.24) is 0 Å². The number of halogens is 1. The van der Waals surface area contributed by atoms with Gasteiger partial charge in [-0.3, -0.25) is 4.79 Å². The Morgan fingerprint density at radius 2 is 2.11 bits per heavy atom. The zero-order chi connectivity index (χ0) is 14.0. The minimum atomic E-state index is -0.833. The molecule has 0 fully saturated rings. The molecule has 0 bridgehead atoms. The van der Waals surface area contributed by atoms with E-state index in [2.05, 4.69) is 0 Å². The summed E-state index contributed by atoms with van der Waals surface area (Å²) in [6, 6.07) is 1.72. The van der Waals surface area contributed by atoms with Crippen molar-refractivity contribution in [1.29, 1.82) is 0 Å². The number of rotatable bonds is 4. The summed E-state index contributed by atoms with van der Waals surface area (Å²) in [6.45, 7) is 5.09. The first-order valence-corrected chi connectivity index (χ1v) is 6.71. The lowest BCUT2D eigenvalue weighted by molar-refractivity contribution is -0.136. The topological polar surface area (TPSA) is 55.8 Å².